The molecule has 9 nitrogen and oxygen atoms in total. The Kier molecular flexibility index (Phi) is 6.73. The molecular weight excluding hydrogens is 555 g/mol. The number of hydrogen-bond donors (Lipinski definition) is 1. The van der Waals surface area contributed by atoms with Crippen molar-refractivity contribution in [1.29, 1.82) is 10.5 Å². The number of aromatic amines is 1. The van der Waals surface area contributed by atoms with E-state index in [1.165, 1.54) is 28.7 Å². The van der Waals surface area contributed by atoms with Crippen molar-refractivity contribution in [3.05, 3.63) is 99.3 Å². The molecule has 1 aromatic carbocycles. The molecule has 0 aliphatic rings. The van der Waals surface area contributed by atoms with Gasteiger partial charge in [0.2, 0.25) is 0 Å². The van der Waals surface area contributed by atoms with Gasteiger partial charge >= 0.3 is 6.04 Å². The van der Waals surface area contributed by atoms with E-state index in [-0.39, 0.29) is 5.70 Å². The molecule has 0 saturated heterocycles. The quantitative estimate of drug-likeness (QED) is 0.153. The van der Waals surface area contributed by atoms with Gasteiger partial charge in [-0.2, -0.15) is 5.26 Å². The van der Waals surface area contributed by atoms with Crippen molar-refractivity contribution in [2.24, 2.45) is 0 Å². The van der Waals surface area contributed by atoms with Crippen LogP contribution in [0.5, 0.6) is 0 Å². The molecule has 1 atom stereocenters. The predicted molar refractivity (Wildman–Crippen MR) is 156 cm³/mol. The Morgan fingerprint density at radius 1 is 0.927 bits per heavy atom. The van der Waals surface area contributed by atoms with Gasteiger partial charge in [-0.05, 0) is 48.5 Å². The summed E-state index contributed by atoms with van der Waals surface area (Å²) in [5.74, 6) is 2.55. The SMILES string of the molecule is [C-]#[N+]/C(C#N)=C\c1cnc(-c2ccc(-c3ccc(-c4ccc(-c5ncc(CC(C#N)[N+]#[C-])s5)o4)c4[nH]ccc34)o2)s1. The fourth-order valence-corrected chi connectivity index (χ4v) is 6.02. The zero-order valence-electron chi connectivity index (χ0n) is 21.0. The molecule has 194 valence electrons. The number of hydrogen-bond acceptors (Lipinski definition) is 8. The first kappa shape index (κ1) is 25.6. The lowest BCUT2D eigenvalue weighted by atomic mass is 10.0. The first-order chi connectivity index (χ1) is 20.1. The Balaban J connectivity index is 1.28. The molecule has 6 rings (SSSR count). The fraction of sp³-hybridized carbons (Fsp3) is 0.0667. The van der Waals surface area contributed by atoms with Gasteiger partial charge in [0, 0.05) is 44.9 Å². The molecule has 0 radical (unpaired) electrons. The van der Waals surface area contributed by atoms with Crippen LogP contribution in [0.15, 0.2) is 75.6 Å². The summed E-state index contributed by atoms with van der Waals surface area (Å²) in [4.78, 5) is 20.2. The van der Waals surface area contributed by atoms with Crippen LogP contribution in [0.2, 0.25) is 0 Å². The summed E-state index contributed by atoms with van der Waals surface area (Å²) < 4.78 is 12.4. The molecule has 6 aromatic rings. The summed E-state index contributed by atoms with van der Waals surface area (Å²) >= 11 is 2.75. The largest absolute Gasteiger partial charge is 0.454 e. The lowest BCUT2D eigenvalue weighted by Crippen LogP contribution is -2.00. The van der Waals surface area contributed by atoms with Gasteiger partial charge in [-0.15, -0.1) is 22.7 Å². The van der Waals surface area contributed by atoms with Gasteiger partial charge in [0.25, 0.3) is 5.70 Å². The molecule has 0 aliphatic carbocycles. The van der Waals surface area contributed by atoms with Crippen molar-refractivity contribution in [2.45, 2.75) is 12.5 Å². The first-order valence-corrected chi connectivity index (χ1v) is 13.7. The zero-order chi connectivity index (χ0) is 28.3. The number of nitrogens with one attached hydrogen (secondary N) is 1. The van der Waals surface area contributed by atoms with Crippen LogP contribution < -0.4 is 0 Å². The van der Waals surface area contributed by atoms with Crippen molar-refractivity contribution >= 4 is 39.7 Å². The highest BCUT2D eigenvalue weighted by Gasteiger charge is 2.19. The van der Waals surface area contributed by atoms with Crippen LogP contribution in [-0.4, -0.2) is 21.0 Å². The molecule has 0 aliphatic heterocycles. The maximum absolute atomic E-state index is 9.07. The van der Waals surface area contributed by atoms with Gasteiger partial charge < -0.3 is 13.8 Å². The van der Waals surface area contributed by atoms with Crippen LogP contribution >= 0.6 is 22.7 Å². The number of nitrogens with zero attached hydrogens (tertiary/aromatic N) is 6. The topological polar surface area (TPSA) is 124 Å². The monoisotopic (exact) mass is 569 g/mol. The van der Waals surface area contributed by atoms with Crippen molar-refractivity contribution in [2.75, 3.05) is 0 Å². The van der Waals surface area contributed by atoms with E-state index in [0.29, 0.717) is 44.4 Å². The van der Waals surface area contributed by atoms with E-state index in [0.717, 1.165) is 26.9 Å². The van der Waals surface area contributed by atoms with Crippen molar-refractivity contribution in [1.82, 2.24) is 15.0 Å². The highest BCUT2D eigenvalue weighted by Crippen LogP contribution is 2.39. The second-order valence-corrected chi connectivity index (χ2v) is 10.9. The van der Waals surface area contributed by atoms with Gasteiger partial charge in [0.15, 0.2) is 27.6 Å². The summed E-state index contributed by atoms with van der Waals surface area (Å²) in [6, 6.07) is 16.6. The van der Waals surface area contributed by atoms with E-state index < -0.39 is 6.04 Å². The molecule has 0 saturated carbocycles. The number of H-pyrrole nitrogens is 1. The summed E-state index contributed by atoms with van der Waals surface area (Å²) in [6.45, 7) is 14.2. The minimum absolute atomic E-state index is 0.000647. The Hall–Kier alpha value is -5.72. The molecule has 0 bridgehead atoms. The van der Waals surface area contributed by atoms with E-state index in [9.17, 15) is 0 Å². The number of furan rings is 2. The van der Waals surface area contributed by atoms with Gasteiger partial charge in [-0.1, -0.05) is 0 Å². The second kappa shape index (κ2) is 10.8. The third kappa shape index (κ3) is 4.91. The van der Waals surface area contributed by atoms with Crippen LogP contribution in [0.3, 0.4) is 0 Å². The lowest BCUT2D eigenvalue weighted by Gasteiger charge is -2.05. The van der Waals surface area contributed by atoms with E-state index in [1.54, 1.807) is 12.4 Å². The number of thiazole rings is 2. The average Bonchev–Trinajstić information content (AvgIpc) is 3.83. The number of aromatic nitrogens is 3. The van der Waals surface area contributed by atoms with E-state index in [4.69, 9.17) is 32.5 Å². The Morgan fingerprint density at radius 3 is 2.32 bits per heavy atom. The van der Waals surface area contributed by atoms with Crippen molar-refractivity contribution in [3.8, 4) is 56.3 Å². The standard InChI is InChI=1S/C30H15N7O2S2/c1-33-17(13-31)11-19-15-36-29(40-19)26-7-5-24(38-26)21-3-4-23(28-22(21)9-10-35-28)25-6-8-27(39-25)30-37-16-20(41-30)12-18(14-32)34-2/h3-11,15-16,18,35H,12H2/b17-11-. The van der Waals surface area contributed by atoms with Gasteiger partial charge in [-0.25, -0.2) is 26.6 Å². The van der Waals surface area contributed by atoms with Gasteiger partial charge in [0.1, 0.15) is 11.5 Å². The number of fused-ring (bicyclic) bond motifs is 1. The van der Waals surface area contributed by atoms with Crippen LogP contribution in [0.4, 0.5) is 0 Å². The Bertz CT molecular complexity index is 2080. The minimum Gasteiger partial charge on any atom is -0.454 e. The summed E-state index contributed by atoms with van der Waals surface area (Å²) in [7, 11) is 0. The number of allylic oxidation sites excluding steroid dienone is 1. The summed E-state index contributed by atoms with van der Waals surface area (Å²) in [6.07, 6.45) is 7.02. The Morgan fingerprint density at radius 2 is 1.61 bits per heavy atom. The first-order valence-electron chi connectivity index (χ1n) is 12.1. The lowest BCUT2D eigenvalue weighted by molar-refractivity contribution is 0.596. The van der Waals surface area contributed by atoms with Gasteiger partial charge in [0.05, 0.1) is 24.6 Å². The van der Waals surface area contributed by atoms with Crippen LogP contribution in [0.1, 0.15) is 9.75 Å². The van der Waals surface area contributed by atoms with Crippen LogP contribution in [0, 0.1) is 35.8 Å². The summed E-state index contributed by atoms with van der Waals surface area (Å²) in [5.41, 5.74) is 2.67. The molecule has 1 unspecified atom stereocenters. The zero-order valence-corrected chi connectivity index (χ0v) is 22.6. The van der Waals surface area contributed by atoms with Crippen molar-refractivity contribution in [3.63, 3.8) is 0 Å². The fourth-order valence-electron chi connectivity index (χ4n) is 4.29. The third-order valence-corrected chi connectivity index (χ3v) is 8.17. The Labute approximate surface area is 241 Å². The molecule has 0 amide bonds. The highest BCUT2D eigenvalue weighted by molar-refractivity contribution is 7.15. The third-order valence-electron chi connectivity index (χ3n) is 6.18. The normalized spacial score (nSPS) is 12.0. The molecule has 0 fully saturated rings. The molecule has 41 heavy (non-hydrogen) atoms. The molecule has 5 heterocycles. The van der Waals surface area contributed by atoms with E-state index >= 15 is 0 Å². The second-order valence-electron chi connectivity index (χ2n) is 8.69. The number of nitriles is 2. The van der Waals surface area contributed by atoms with E-state index in [1.807, 2.05) is 60.8 Å². The average molecular weight is 570 g/mol. The van der Waals surface area contributed by atoms with Crippen LogP contribution in [0.25, 0.3) is 70.9 Å². The predicted octanol–water partition coefficient (Wildman–Crippen LogP) is 8.07. The molecule has 0 spiro atoms. The number of benzene rings is 1. The maximum atomic E-state index is 9.07. The smallest absolute Gasteiger partial charge is 0.312 e. The molecule has 1 N–H and O–H groups in total. The molecular formula is C30H15N7O2S2. The minimum atomic E-state index is -0.718. The maximum Gasteiger partial charge on any atom is 0.312 e. The van der Waals surface area contributed by atoms with Gasteiger partial charge in [-0.3, -0.25) is 4.85 Å². The molecule has 11 heteroatoms. The molecule has 5 aromatic heterocycles. The van der Waals surface area contributed by atoms with Crippen molar-refractivity contribution < 1.29 is 8.83 Å². The summed E-state index contributed by atoms with van der Waals surface area (Å²) in [5, 5.41) is 20.4. The highest BCUT2D eigenvalue weighted by atomic mass is 32.1. The number of rotatable bonds is 7. The van der Waals surface area contributed by atoms with Crippen LogP contribution in [-0.2, 0) is 6.42 Å². The van der Waals surface area contributed by atoms with E-state index in [2.05, 4.69) is 24.6 Å².